The summed E-state index contributed by atoms with van der Waals surface area (Å²) in [6, 6.07) is 3.88. The van der Waals surface area contributed by atoms with Crippen molar-refractivity contribution >= 4 is 28.9 Å². The van der Waals surface area contributed by atoms with E-state index in [4.69, 9.17) is 17.3 Å². The maximum atomic E-state index is 13.0. The quantitative estimate of drug-likeness (QED) is 0.840. The summed E-state index contributed by atoms with van der Waals surface area (Å²) < 4.78 is 14.2. The molecule has 110 valence electrons. The summed E-state index contributed by atoms with van der Waals surface area (Å²) in [5.41, 5.74) is 5.25. The normalized spacial score (nSPS) is 10.4. The molecular weight excluding hydrogens is 299 g/mol. The Morgan fingerprint density at radius 2 is 2.24 bits per heavy atom. The third-order valence-electron chi connectivity index (χ3n) is 2.68. The van der Waals surface area contributed by atoms with Gasteiger partial charge in [0.2, 0.25) is 5.91 Å². The Labute approximate surface area is 124 Å². The minimum Gasteiger partial charge on any atom is -0.396 e. The van der Waals surface area contributed by atoms with Crippen LogP contribution in [0.15, 0.2) is 35.4 Å². The van der Waals surface area contributed by atoms with E-state index in [-0.39, 0.29) is 24.6 Å². The van der Waals surface area contributed by atoms with Gasteiger partial charge in [-0.1, -0.05) is 11.6 Å². The number of carbonyl (C=O) groups is 1. The fourth-order valence-corrected chi connectivity index (χ4v) is 1.82. The lowest BCUT2D eigenvalue weighted by Crippen LogP contribution is -2.24. The highest BCUT2D eigenvalue weighted by molar-refractivity contribution is 6.30. The van der Waals surface area contributed by atoms with E-state index in [9.17, 15) is 14.0 Å². The first-order valence-electron chi connectivity index (χ1n) is 6.02. The first-order valence-corrected chi connectivity index (χ1v) is 6.40. The molecule has 2 aromatic rings. The van der Waals surface area contributed by atoms with Crippen molar-refractivity contribution in [2.75, 3.05) is 11.1 Å². The van der Waals surface area contributed by atoms with Gasteiger partial charge in [-0.25, -0.2) is 14.2 Å². The van der Waals surface area contributed by atoms with E-state index in [1.54, 1.807) is 0 Å². The van der Waals surface area contributed by atoms with Crippen LogP contribution in [0.1, 0.15) is 6.42 Å². The van der Waals surface area contributed by atoms with E-state index in [1.165, 1.54) is 29.1 Å². The Morgan fingerprint density at radius 3 is 2.95 bits per heavy atom. The molecule has 0 radical (unpaired) electrons. The molecular formula is C13H12ClFN4O2. The van der Waals surface area contributed by atoms with Crippen molar-refractivity contribution in [2.24, 2.45) is 0 Å². The molecule has 0 fully saturated rings. The van der Waals surface area contributed by atoms with Gasteiger partial charge in [-0.2, -0.15) is 0 Å². The first kappa shape index (κ1) is 15.0. The SMILES string of the molecule is Nc1cc(NC(=O)CCn2cc(Cl)cnc2=O)ccc1F. The molecule has 2 rings (SSSR count). The number of halogens is 2. The van der Waals surface area contributed by atoms with Gasteiger partial charge < -0.3 is 11.1 Å². The first-order chi connectivity index (χ1) is 9.95. The van der Waals surface area contributed by atoms with E-state index < -0.39 is 11.5 Å². The van der Waals surface area contributed by atoms with E-state index in [1.807, 2.05) is 0 Å². The molecule has 0 unspecified atom stereocenters. The number of aryl methyl sites for hydroxylation is 1. The minimum atomic E-state index is -0.551. The number of carbonyl (C=O) groups excluding carboxylic acids is 1. The summed E-state index contributed by atoms with van der Waals surface area (Å²) >= 11 is 5.72. The van der Waals surface area contributed by atoms with Gasteiger partial charge in [0.05, 0.1) is 16.9 Å². The van der Waals surface area contributed by atoms with Gasteiger partial charge in [0.25, 0.3) is 0 Å². The van der Waals surface area contributed by atoms with E-state index in [2.05, 4.69) is 10.3 Å². The molecule has 0 aliphatic heterocycles. The van der Waals surface area contributed by atoms with Crippen LogP contribution in [0.2, 0.25) is 5.02 Å². The van der Waals surface area contributed by atoms with Crippen LogP contribution >= 0.6 is 11.6 Å². The van der Waals surface area contributed by atoms with Crippen LogP contribution in [0.25, 0.3) is 0 Å². The molecule has 0 bridgehead atoms. The van der Waals surface area contributed by atoms with Crippen molar-refractivity contribution in [1.82, 2.24) is 9.55 Å². The van der Waals surface area contributed by atoms with Crippen LogP contribution in [0.4, 0.5) is 15.8 Å². The zero-order chi connectivity index (χ0) is 15.4. The van der Waals surface area contributed by atoms with Gasteiger partial charge in [-0.15, -0.1) is 0 Å². The summed E-state index contributed by atoms with van der Waals surface area (Å²) in [6.07, 6.45) is 2.68. The summed E-state index contributed by atoms with van der Waals surface area (Å²) in [7, 11) is 0. The second-order valence-electron chi connectivity index (χ2n) is 4.28. The van der Waals surface area contributed by atoms with Gasteiger partial charge in [-0.3, -0.25) is 9.36 Å². The van der Waals surface area contributed by atoms with E-state index in [0.29, 0.717) is 10.7 Å². The maximum absolute atomic E-state index is 13.0. The summed E-state index contributed by atoms with van der Waals surface area (Å²) in [5.74, 6) is -0.891. The van der Waals surface area contributed by atoms with Crippen molar-refractivity contribution in [3.8, 4) is 0 Å². The van der Waals surface area contributed by atoms with Crippen LogP contribution in [0.5, 0.6) is 0 Å². The summed E-state index contributed by atoms with van der Waals surface area (Å²) in [6.45, 7) is 0.134. The van der Waals surface area contributed by atoms with Crippen LogP contribution in [-0.4, -0.2) is 15.5 Å². The number of amides is 1. The number of nitrogens with one attached hydrogen (secondary N) is 1. The number of aromatic nitrogens is 2. The minimum absolute atomic E-state index is 0.0409. The van der Waals surface area contributed by atoms with E-state index in [0.717, 1.165) is 6.07 Å². The zero-order valence-corrected chi connectivity index (χ0v) is 11.6. The van der Waals surface area contributed by atoms with Crippen molar-refractivity contribution in [2.45, 2.75) is 13.0 Å². The lowest BCUT2D eigenvalue weighted by atomic mass is 10.2. The standard InChI is InChI=1S/C13H12ClFN4O2/c14-8-6-17-13(21)19(7-8)4-3-12(20)18-9-1-2-10(15)11(16)5-9/h1-2,5-7H,3-4,16H2,(H,18,20). The number of nitrogens with two attached hydrogens (primary N) is 1. The molecule has 1 aromatic heterocycles. The van der Waals surface area contributed by atoms with Gasteiger partial charge in [-0.05, 0) is 18.2 Å². The number of nitrogens with zero attached hydrogens (tertiary/aromatic N) is 2. The molecule has 6 nitrogen and oxygen atoms in total. The highest BCUT2D eigenvalue weighted by Crippen LogP contribution is 2.16. The second kappa shape index (κ2) is 6.36. The molecule has 0 spiro atoms. The summed E-state index contributed by atoms with van der Waals surface area (Å²) in [5, 5.41) is 2.87. The molecule has 0 aliphatic rings. The molecule has 0 saturated heterocycles. The van der Waals surface area contributed by atoms with Crippen molar-refractivity contribution < 1.29 is 9.18 Å². The Bertz CT molecular complexity index is 732. The Balaban J connectivity index is 1.97. The van der Waals surface area contributed by atoms with Crippen molar-refractivity contribution in [1.29, 1.82) is 0 Å². The largest absolute Gasteiger partial charge is 0.396 e. The third kappa shape index (κ3) is 4.03. The van der Waals surface area contributed by atoms with Crippen molar-refractivity contribution in [3.63, 3.8) is 0 Å². The number of hydrogen-bond acceptors (Lipinski definition) is 4. The molecule has 8 heteroatoms. The second-order valence-corrected chi connectivity index (χ2v) is 4.72. The number of rotatable bonds is 4. The lowest BCUT2D eigenvalue weighted by Gasteiger charge is -2.07. The van der Waals surface area contributed by atoms with Crippen molar-refractivity contribution in [3.05, 3.63) is 51.9 Å². The molecule has 1 amide bonds. The van der Waals surface area contributed by atoms with E-state index >= 15 is 0 Å². The molecule has 0 aliphatic carbocycles. The molecule has 1 aromatic carbocycles. The van der Waals surface area contributed by atoms with Crippen LogP contribution in [0, 0.1) is 5.82 Å². The Kier molecular flexibility index (Phi) is 4.54. The average Bonchev–Trinajstić information content (AvgIpc) is 2.44. The average molecular weight is 311 g/mol. The predicted molar refractivity (Wildman–Crippen MR) is 77.6 cm³/mol. The third-order valence-corrected chi connectivity index (χ3v) is 2.88. The molecule has 3 N–H and O–H groups in total. The molecule has 21 heavy (non-hydrogen) atoms. The Hall–Kier alpha value is -2.41. The van der Waals surface area contributed by atoms with Crippen LogP contribution in [-0.2, 0) is 11.3 Å². The highest BCUT2D eigenvalue weighted by atomic mass is 35.5. The van der Waals surface area contributed by atoms with Gasteiger partial charge >= 0.3 is 5.69 Å². The molecule has 1 heterocycles. The Morgan fingerprint density at radius 1 is 1.48 bits per heavy atom. The number of anilines is 2. The maximum Gasteiger partial charge on any atom is 0.347 e. The fraction of sp³-hybridized carbons (Fsp3) is 0.154. The summed E-state index contributed by atoms with van der Waals surface area (Å²) in [4.78, 5) is 26.7. The predicted octanol–water partition coefficient (Wildman–Crippen LogP) is 1.65. The topological polar surface area (TPSA) is 90.0 Å². The number of benzene rings is 1. The van der Waals surface area contributed by atoms with Crippen LogP contribution in [0.3, 0.4) is 0 Å². The lowest BCUT2D eigenvalue weighted by molar-refractivity contribution is -0.116. The molecule has 0 saturated carbocycles. The monoisotopic (exact) mass is 310 g/mol. The van der Waals surface area contributed by atoms with Gasteiger partial charge in [0.15, 0.2) is 0 Å². The van der Waals surface area contributed by atoms with Gasteiger partial charge in [0, 0.05) is 24.8 Å². The fourth-order valence-electron chi connectivity index (χ4n) is 1.66. The molecule has 0 atom stereocenters. The van der Waals surface area contributed by atoms with Gasteiger partial charge in [0.1, 0.15) is 5.82 Å². The number of hydrogen-bond donors (Lipinski definition) is 2. The zero-order valence-electron chi connectivity index (χ0n) is 10.8. The van der Waals surface area contributed by atoms with Crippen LogP contribution < -0.4 is 16.7 Å². The number of nitrogen functional groups attached to an aromatic ring is 1. The smallest absolute Gasteiger partial charge is 0.347 e. The highest BCUT2D eigenvalue weighted by Gasteiger charge is 2.06.